The van der Waals surface area contributed by atoms with Crippen LogP contribution in [-0.2, 0) is 0 Å². The van der Waals surface area contributed by atoms with Crippen LogP contribution >= 0.6 is 11.8 Å². The Morgan fingerprint density at radius 1 is 0.852 bits per heavy atom. The van der Waals surface area contributed by atoms with Crippen LogP contribution in [-0.4, -0.2) is 14.4 Å². The smallest absolute Gasteiger partial charge is 0.164 e. The normalized spacial score (nSPS) is 11.3. The van der Waals surface area contributed by atoms with Crippen molar-refractivity contribution in [3.05, 3.63) is 90.9 Å². The summed E-state index contributed by atoms with van der Waals surface area (Å²) in [5.41, 5.74) is 4.12. The summed E-state index contributed by atoms with van der Waals surface area (Å²) in [6.07, 6.45) is 5.77. The molecule has 27 heavy (non-hydrogen) atoms. The highest BCUT2D eigenvalue weighted by Gasteiger charge is 2.12. The predicted octanol–water partition coefficient (Wildman–Crippen LogP) is 6.01. The summed E-state index contributed by atoms with van der Waals surface area (Å²) in [6.45, 7) is 2.10. The molecule has 0 aliphatic heterocycles. The highest BCUT2D eigenvalue weighted by atomic mass is 32.2. The molecule has 5 aromatic rings. The zero-order valence-corrected chi connectivity index (χ0v) is 15.6. The van der Waals surface area contributed by atoms with E-state index in [9.17, 15) is 0 Å². The van der Waals surface area contributed by atoms with E-state index in [1.54, 1.807) is 11.8 Å². The van der Waals surface area contributed by atoms with Gasteiger partial charge >= 0.3 is 0 Å². The minimum atomic E-state index is 0.877. The van der Waals surface area contributed by atoms with E-state index in [0.29, 0.717) is 0 Å². The molecule has 5 rings (SSSR count). The van der Waals surface area contributed by atoms with Gasteiger partial charge in [0.15, 0.2) is 5.65 Å². The Morgan fingerprint density at radius 2 is 1.67 bits per heavy atom. The molecule has 4 heteroatoms. The molecule has 2 aromatic heterocycles. The summed E-state index contributed by atoms with van der Waals surface area (Å²) in [4.78, 5) is 10.5. The van der Waals surface area contributed by atoms with Crippen molar-refractivity contribution < 1.29 is 0 Å². The SMILES string of the molecule is Cc1ccc(Sc2cnc(-c3ccc4ccccc4c3)c3nccn23)cc1. The van der Waals surface area contributed by atoms with Gasteiger partial charge in [0.25, 0.3) is 0 Å². The molecule has 0 saturated carbocycles. The summed E-state index contributed by atoms with van der Waals surface area (Å²) < 4.78 is 2.11. The molecule has 3 aromatic carbocycles. The minimum absolute atomic E-state index is 0.877. The van der Waals surface area contributed by atoms with Gasteiger partial charge < -0.3 is 0 Å². The van der Waals surface area contributed by atoms with E-state index in [4.69, 9.17) is 4.98 Å². The van der Waals surface area contributed by atoms with Gasteiger partial charge in [-0.15, -0.1) is 0 Å². The van der Waals surface area contributed by atoms with Crippen molar-refractivity contribution in [1.82, 2.24) is 14.4 Å². The van der Waals surface area contributed by atoms with E-state index in [0.717, 1.165) is 21.9 Å². The number of imidazole rings is 1. The molecule has 0 amide bonds. The Balaban J connectivity index is 1.60. The number of hydrogen-bond donors (Lipinski definition) is 0. The van der Waals surface area contributed by atoms with Crippen LogP contribution < -0.4 is 0 Å². The lowest BCUT2D eigenvalue weighted by Crippen LogP contribution is -1.95. The molecule has 0 atom stereocenters. The first-order chi connectivity index (χ1) is 13.3. The topological polar surface area (TPSA) is 30.2 Å². The molecule has 0 aliphatic rings. The van der Waals surface area contributed by atoms with Crippen LogP contribution in [0.25, 0.3) is 27.7 Å². The number of fused-ring (bicyclic) bond motifs is 2. The quantitative estimate of drug-likeness (QED) is 0.391. The summed E-state index contributed by atoms with van der Waals surface area (Å²) in [5.74, 6) is 0. The lowest BCUT2D eigenvalue weighted by Gasteiger charge is -2.09. The van der Waals surface area contributed by atoms with Gasteiger partial charge in [0, 0.05) is 22.9 Å². The first-order valence-electron chi connectivity index (χ1n) is 8.84. The fourth-order valence-electron chi connectivity index (χ4n) is 3.24. The summed E-state index contributed by atoms with van der Waals surface area (Å²) in [6, 6.07) is 23.3. The van der Waals surface area contributed by atoms with E-state index in [1.807, 2.05) is 18.6 Å². The van der Waals surface area contributed by atoms with Crippen molar-refractivity contribution in [3.8, 4) is 11.3 Å². The van der Waals surface area contributed by atoms with Crippen LogP contribution in [0.3, 0.4) is 0 Å². The maximum atomic E-state index is 4.77. The third-order valence-corrected chi connectivity index (χ3v) is 5.68. The maximum absolute atomic E-state index is 4.77. The van der Waals surface area contributed by atoms with Crippen LogP contribution in [0.1, 0.15) is 5.56 Å². The van der Waals surface area contributed by atoms with Crippen molar-refractivity contribution in [2.45, 2.75) is 16.8 Å². The lowest BCUT2D eigenvalue weighted by atomic mass is 10.1. The lowest BCUT2D eigenvalue weighted by molar-refractivity contribution is 0.984. The summed E-state index contributed by atoms with van der Waals surface area (Å²) in [5, 5.41) is 3.49. The first kappa shape index (κ1) is 16.1. The second-order valence-corrected chi connectivity index (χ2v) is 7.64. The third kappa shape index (κ3) is 2.98. The Kier molecular flexibility index (Phi) is 3.91. The molecule has 0 saturated heterocycles. The molecule has 130 valence electrons. The Hall–Kier alpha value is -3.11. The second-order valence-electron chi connectivity index (χ2n) is 6.54. The van der Waals surface area contributed by atoms with Crippen molar-refractivity contribution in [2.24, 2.45) is 0 Å². The van der Waals surface area contributed by atoms with Gasteiger partial charge in [-0.2, -0.15) is 0 Å². The van der Waals surface area contributed by atoms with Gasteiger partial charge in [0.2, 0.25) is 0 Å². The highest BCUT2D eigenvalue weighted by molar-refractivity contribution is 7.99. The average Bonchev–Trinajstić information content (AvgIpc) is 3.20. The van der Waals surface area contributed by atoms with Crippen LogP contribution in [0.2, 0.25) is 0 Å². The number of aryl methyl sites for hydroxylation is 1. The summed E-state index contributed by atoms with van der Waals surface area (Å²) >= 11 is 1.70. The fraction of sp³-hybridized carbons (Fsp3) is 0.0435. The van der Waals surface area contributed by atoms with Gasteiger partial charge in [0.1, 0.15) is 10.7 Å². The van der Waals surface area contributed by atoms with Crippen LogP contribution in [0, 0.1) is 6.92 Å². The number of nitrogens with zero attached hydrogens (tertiary/aromatic N) is 3. The van der Waals surface area contributed by atoms with Gasteiger partial charge in [-0.25, -0.2) is 9.97 Å². The van der Waals surface area contributed by atoms with Gasteiger partial charge in [0.05, 0.1) is 6.20 Å². The van der Waals surface area contributed by atoms with Gasteiger partial charge in [-0.1, -0.05) is 65.9 Å². The van der Waals surface area contributed by atoms with Crippen molar-refractivity contribution in [2.75, 3.05) is 0 Å². The Morgan fingerprint density at radius 3 is 2.52 bits per heavy atom. The van der Waals surface area contributed by atoms with Crippen LogP contribution in [0.5, 0.6) is 0 Å². The van der Waals surface area contributed by atoms with Gasteiger partial charge in [-0.05, 0) is 35.9 Å². The zero-order valence-electron chi connectivity index (χ0n) is 14.8. The number of hydrogen-bond acceptors (Lipinski definition) is 3. The Labute approximate surface area is 161 Å². The van der Waals surface area contributed by atoms with Crippen molar-refractivity contribution >= 4 is 28.2 Å². The van der Waals surface area contributed by atoms with E-state index >= 15 is 0 Å². The molecule has 3 nitrogen and oxygen atoms in total. The molecule has 0 bridgehead atoms. The Bertz CT molecular complexity index is 1260. The second kappa shape index (κ2) is 6.56. The minimum Gasteiger partial charge on any atom is -0.291 e. The molecular formula is C23H17N3S. The third-order valence-electron chi connectivity index (χ3n) is 4.66. The van der Waals surface area contributed by atoms with E-state index in [2.05, 4.69) is 83.0 Å². The molecule has 0 radical (unpaired) electrons. The first-order valence-corrected chi connectivity index (χ1v) is 9.65. The van der Waals surface area contributed by atoms with Crippen LogP contribution in [0.4, 0.5) is 0 Å². The standard InChI is InChI=1S/C23H17N3S/c1-16-6-10-20(11-7-16)27-21-15-25-22(23-24-12-13-26(21)23)19-9-8-17-4-2-3-5-18(17)14-19/h2-15H,1H3. The molecular weight excluding hydrogens is 350 g/mol. The van der Waals surface area contributed by atoms with Crippen molar-refractivity contribution in [1.29, 1.82) is 0 Å². The molecule has 0 N–H and O–H groups in total. The number of benzene rings is 3. The molecule has 0 spiro atoms. The number of rotatable bonds is 3. The maximum Gasteiger partial charge on any atom is 0.164 e. The molecule has 0 unspecified atom stereocenters. The van der Waals surface area contributed by atoms with Crippen LogP contribution in [0.15, 0.2) is 95.2 Å². The van der Waals surface area contributed by atoms with Crippen molar-refractivity contribution in [3.63, 3.8) is 0 Å². The zero-order chi connectivity index (χ0) is 18.2. The monoisotopic (exact) mass is 367 g/mol. The largest absolute Gasteiger partial charge is 0.291 e. The van der Waals surface area contributed by atoms with E-state index in [-0.39, 0.29) is 0 Å². The molecule has 2 heterocycles. The number of aromatic nitrogens is 3. The van der Waals surface area contributed by atoms with E-state index in [1.165, 1.54) is 21.2 Å². The highest BCUT2D eigenvalue weighted by Crippen LogP contribution is 2.31. The summed E-state index contributed by atoms with van der Waals surface area (Å²) in [7, 11) is 0. The van der Waals surface area contributed by atoms with Gasteiger partial charge in [-0.3, -0.25) is 4.40 Å². The average molecular weight is 367 g/mol. The molecule has 0 fully saturated rings. The van der Waals surface area contributed by atoms with E-state index < -0.39 is 0 Å². The molecule has 0 aliphatic carbocycles. The fourth-order valence-corrected chi connectivity index (χ4v) is 4.10. The predicted molar refractivity (Wildman–Crippen MR) is 111 cm³/mol.